The van der Waals surface area contributed by atoms with Gasteiger partial charge in [0.15, 0.2) is 11.6 Å². The molecule has 1 rings (SSSR count). The Morgan fingerprint density at radius 2 is 2.06 bits per heavy atom. The van der Waals surface area contributed by atoms with Crippen LogP contribution in [0, 0.1) is 17.7 Å². The number of benzene rings is 1. The Hall–Kier alpha value is -1.38. The summed E-state index contributed by atoms with van der Waals surface area (Å²) in [6.07, 6.45) is 0.577. The molecule has 0 N–H and O–H groups in total. The SMILES string of the molecule is COc1ccc(CC(C(C)=O)C(C)C)cc1F. The van der Waals surface area contributed by atoms with Crippen molar-refractivity contribution in [3.63, 3.8) is 0 Å². The molecule has 0 amide bonds. The largest absolute Gasteiger partial charge is 0.494 e. The van der Waals surface area contributed by atoms with Crippen LogP contribution in [0.15, 0.2) is 18.2 Å². The van der Waals surface area contributed by atoms with Gasteiger partial charge >= 0.3 is 0 Å². The van der Waals surface area contributed by atoms with Crippen LogP contribution in [0.4, 0.5) is 4.39 Å². The fourth-order valence-electron chi connectivity index (χ4n) is 1.94. The first-order chi connectivity index (χ1) is 7.95. The lowest BCUT2D eigenvalue weighted by Crippen LogP contribution is -2.20. The lowest BCUT2D eigenvalue weighted by Gasteiger charge is -2.18. The Morgan fingerprint density at radius 1 is 1.41 bits per heavy atom. The highest BCUT2D eigenvalue weighted by Gasteiger charge is 2.19. The van der Waals surface area contributed by atoms with Gasteiger partial charge in [0, 0.05) is 5.92 Å². The fraction of sp³-hybridized carbons (Fsp3) is 0.500. The molecule has 0 spiro atoms. The van der Waals surface area contributed by atoms with Crippen molar-refractivity contribution in [3.8, 4) is 5.75 Å². The van der Waals surface area contributed by atoms with E-state index in [-0.39, 0.29) is 29.2 Å². The van der Waals surface area contributed by atoms with Crippen LogP contribution in [0.5, 0.6) is 5.75 Å². The van der Waals surface area contributed by atoms with Crippen LogP contribution in [-0.2, 0) is 11.2 Å². The summed E-state index contributed by atoms with van der Waals surface area (Å²) in [5.41, 5.74) is 0.831. The zero-order chi connectivity index (χ0) is 13.0. The maximum Gasteiger partial charge on any atom is 0.165 e. The predicted octanol–water partition coefficient (Wildman–Crippen LogP) is 3.24. The number of carbonyl (C=O) groups is 1. The molecule has 0 bridgehead atoms. The molecule has 1 aromatic carbocycles. The highest BCUT2D eigenvalue weighted by molar-refractivity contribution is 5.78. The summed E-state index contributed by atoms with van der Waals surface area (Å²) < 4.78 is 18.4. The molecule has 0 aliphatic rings. The number of ketones is 1. The van der Waals surface area contributed by atoms with Gasteiger partial charge in [-0.15, -0.1) is 0 Å². The number of halogens is 1. The Labute approximate surface area is 102 Å². The summed E-state index contributed by atoms with van der Waals surface area (Å²) in [7, 11) is 1.44. The summed E-state index contributed by atoms with van der Waals surface area (Å²) in [6.45, 7) is 5.60. The van der Waals surface area contributed by atoms with Gasteiger partial charge in [-0.3, -0.25) is 4.79 Å². The molecule has 0 heterocycles. The summed E-state index contributed by atoms with van der Waals surface area (Å²) >= 11 is 0. The number of hydrogen-bond donors (Lipinski definition) is 0. The summed E-state index contributed by atoms with van der Waals surface area (Å²) in [5.74, 6) is 0.213. The molecule has 1 atom stereocenters. The van der Waals surface area contributed by atoms with Gasteiger partial charge < -0.3 is 4.74 Å². The Bertz CT molecular complexity index is 399. The van der Waals surface area contributed by atoms with Crippen LogP contribution < -0.4 is 4.74 Å². The molecule has 2 nitrogen and oxygen atoms in total. The van der Waals surface area contributed by atoms with Crippen LogP contribution >= 0.6 is 0 Å². The maximum atomic E-state index is 13.5. The average Bonchev–Trinajstić information content (AvgIpc) is 2.25. The number of hydrogen-bond acceptors (Lipinski definition) is 2. The number of ether oxygens (including phenoxy) is 1. The van der Waals surface area contributed by atoms with E-state index in [1.54, 1.807) is 19.1 Å². The van der Waals surface area contributed by atoms with E-state index >= 15 is 0 Å². The second kappa shape index (κ2) is 5.80. The van der Waals surface area contributed by atoms with Crippen molar-refractivity contribution in [2.24, 2.45) is 11.8 Å². The lowest BCUT2D eigenvalue weighted by atomic mass is 9.86. The molecule has 0 aliphatic carbocycles. The molecular formula is C14H19FO2. The van der Waals surface area contributed by atoms with Crippen LogP contribution in [0.1, 0.15) is 26.3 Å². The number of rotatable bonds is 5. The zero-order valence-corrected chi connectivity index (χ0v) is 10.8. The second-order valence-electron chi connectivity index (χ2n) is 4.63. The molecule has 0 aliphatic heterocycles. The van der Waals surface area contributed by atoms with Crippen LogP contribution in [0.2, 0.25) is 0 Å². The Morgan fingerprint density at radius 3 is 2.47 bits per heavy atom. The van der Waals surface area contributed by atoms with Gasteiger partial charge in [-0.1, -0.05) is 19.9 Å². The van der Waals surface area contributed by atoms with E-state index < -0.39 is 0 Å². The monoisotopic (exact) mass is 238 g/mol. The van der Waals surface area contributed by atoms with Gasteiger partial charge in [-0.25, -0.2) is 4.39 Å². The molecule has 17 heavy (non-hydrogen) atoms. The third kappa shape index (κ3) is 3.55. The Kier molecular flexibility index (Phi) is 4.67. The van der Waals surface area contributed by atoms with Gasteiger partial charge in [0.05, 0.1) is 7.11 Å². The summed E-state index contributed by atoms with van der Waals surface area (Å²) in [6, 6.07) is 4.85. The molecular weight excluding hydrogens is 219 g/mol. The minimum Gasteiger partial charge on any atom is -0.494 e. The van der Waals surface area contributed by atoms with Gasteiger partial charge in [-0.05, 0) is 37.0 Å². The summed E-state index contributed by atoms with van der Waals surface area (Å²) in [5, 5.41) is 0. The van der Waals surface area contributed by atoms with Crippen molar-refractivity contribution < 1.29 is 13.9 Å². The van der Waals surface area contributed by atoms with E-state index in [1.165, 1.54) is 13.2 Å². The molecule has 0 saturated heterocycles. The second-order valence-corrected chi connectivity index (χ2v) is 4.63. The topological polar surface area (TPSA) is 26.3 Å². The third-order valence-electron chi connectivity index (χ3n) is 3.00. The molecule has 3 heteroatoms. The van der Waals surface area contributed by atoms with Crippen molar-refractivity contribution in [2.75, 3.05) is 7.11 Å². The minimum atomic E-state index is -0.379. The van der Waals surface area contributed by atoms with Gasteiger partial charge in [0.2, 0.25) is 0 Å². The summed E-state index contributed by atoms with van der Waals surface area (Å²) in [4.78, 5) is 11.5. The maximum absolute atomic E-state index is 13.5. The van der Waals surface area contributed by atoms with Gasteiger partial charge in [0.1, 0.15) is 5.78 Å². The standard InChI is InChI=1S/C14H19FO2/c1-9(2)12(10(3)16)7-11-5-6-14(17-4)13(15)8-11/h5-6,8-9,12H,7H2,1-4H3. The Balaban J connectivity index is 2.87. The first-order valence-corrected chi connectivity index (χ1v) is 5.78. The van der Waals surface area contributed by atoms with Gasteiger partial charge in [0.25, 0.3) is 0 Å². The van der Waals surface area contributed by atoms with E-state index in [9.17, 15) is 9.18 Å². The number of carbonyl (C=O) groups excluding carboxylic acids is 1. The van der Waals surface area contributed by atoms with E-state index in [0.717, 1.165) is 5.56 Å². The molecule has 0 saturated carbocycles. The highest BCUT2D eigenvalue weighted by Crippen LogP contribution is 2.22. The average molecular weight is 238 g/mol. The normalized spacial score (nSPS) is 12.6. The van der Waals surface area contributed by atoms with Crippen LogP contribution in [0.25, 0.3) is 0 Å². The van der Waals surface area contributed by atoms with E-state index in [2.05, 4.69) is 0 Å². The zero-order valence-electron chi connectivity index (χ0n) is 10.8. The van der Waals surface area contributed by atoms with E-state index in [0.29, 0.717) is 6.42 Å². The lowest BCUT2D eigenvalue weighted by molar-refractivity contribution is -0.121. The van der Waals surface area contributed by atoms with Crippen molar-refractivity contribution in [2.45, 2.75) is 27.2 Å². The van der Waals surface area contributed by atoms with E-state index in [1.807, 2.05) is 13.8 Å². The molecule has 0 fully saturated rings. The first-order valence-electron chi connectivity index (χ1n) is 5.78. The van der Waals surface area contributed by atoms with Crippen LogP contribution in [0.3, 0.4) is 0 Å². The van der Waals surface area contributed by atoms with Crippen molar-refractivity contribution in [3.05, 3.63) is 29.6 Å². The molecule has 0 radical (unpaired) electrons. The smallest absolute Gasteiger partial charge is 0.165 e. The van der Waals surface area contributed by atoms with E-state index in [4.69, 9.17) is 4.74 Å². The van der Waals surface area contributed by atoms with Crippen LogP contribution in [-0.4, -0.2) is 12.9 Å². The quantitative estimate of drug-likeness (QED) is 0.787. The van der Waals surface area contributed by atoms with Crippen molar-refractivity contribution in [1.82, 2.24) is 0 Å². The molecule has 1 aromatic rings. The molecule has 0 aromatic heterocycles. The highest BCUT2D eigenvalue weighted by atomic mass is 19.1. The number of methoxy groups -OCH3 is 1. The third-order valence-corrected chi connectivity index (χ3v) is 3.00. The van der Waals surface area contributed by atoms with Crippen molar-refractivity contribution >= 4 is 5.78 Å². The minimum absolute atomic E-state index is 0.0530. The number of Topliss-reactive ketones (excluding diaryl/α,β-unsaturated/α-hetero) is 1. The predicted molar refractivity (Wildman–Crippen MR) is 65.7 cm³/mol. The van der Waals surface area contributed by atoms with Crippen molar-refractivity contribution in [1.29, 1.82) is 0 Å². The molecule has 94 valence electrons. The fourth-order valence-corrected chi connectivity index (χ4v) is 1.94. The van der Waals surface area contributed by atoms with Gasteiger partial charge in [-0.2, -0.15) is 0 Å². The molecule has 1 unspecified atom stereocenters. The first kappa shape index (κ1) is 13.7.